The van der Waals surface area contributed by atoms with Gasteiger partial charge >= 0.3 is 5.97 Å². The van der Waals surface area contributed by atoms with Crippen molar-refractivity contribution in [2.24, 2.45) is 5.92 Å². The Kier molecular flexibility index (Phi) is 3.55. The number of methoxy groups -OCH3 is 1. The fourth-order valence-corrected chi connectivity index (χ4v) is 3.81. The number of carbonyl (C=O) groups excluding carboxylic acids is 2. The van der Waals surface area contributed by atoms with Crippen LogP contribution in [0.4, 0.5) is 0 Å². The Bertz CT molecular complexity index is 608. The zero-order chi connectivity index (χ0) is 15.1. The Morgan fingerprint density at radius 1 is 1.35 bits per heavy atom. The number of rotatable bonds is 3. The third-order valence-corrected chi connectivity index (χ3v) is 4.89. The summed E-state index contributed by atoms with van der Waals surface area (Å²) in [5.74, 6) is -5.68. The van der Waals surface area contributed by atoms with Gasteiger partial charge in [0.1, 0.15) is 11.7 Å². The SMILES string of the molecule is COc1ccc2c(c1)S(O)(O)CC(C(=O)C(=O)O)C2=O. The molecule has 0 radical (unpaired) electrons. The van der Waals surface area contributed by atoms with E-state index in [9.17, 15) is 23.5 Å². The van der Waals surface area contributed by atoms with E-state index in [1.54, 1.807) is 0 Å². The third-order valence-electron chi connectivity index (χ3n) is 3.05. The van der Waals surface area contributed by atoms with Gasteiger partial charge in [0.2, 0.25) is 0 Å². The van der Waals surface area contributed by atoms with Gasteiger partial charge in [-0.25, -0.2) is 4.79 Å². The second-order valence-corrected chi connectivity index (χ2v) is 6.39. The minimum absolute atomic E-state index is 0.0173. The highest BCUT2D eigenvalue weighted by Gasteiger charge is 2.43. The zero-order valence-electron chi connectivity index (χ0n) is 10.4. The molecule has 1 aliphatic heterocycles. The molecule has 7 nitrogen and oxygen atoms in total. The first-order chi connectivity index (χ1) is 9.27. The predicted molar refractivity (Wildman–Crippen MR) is 69.4 cm³/mol. The van der Waals surface area contributed by atoms with Crippen molar-refractivity contribution < 1.29 is 33.3 Å². The summed E-state index contributed by atoms with van der Waals surface area (Å²) in [5, 5.41) is 8.68. The van der Waals surface area contributed by atoms with Gasteiger partial charge in [-0.2, -0.15) is 10.6 Å². The van der Waals surface area contributed by atoms with Crippen LogP contribution >= 0.6 is 10.6 Å². The van der Waals surface area contributed by atoms with E-state index in [1.807, 2.05) is 0 Å². The number of carboxylic acids is 1. The molecule has 108 valence electrons. The van der Waals surface area contributed by atoms with Crippen molar-refractivity contribution in [3.63, 3.8) is 0 Å². The molecule has 0 aromatic heterocycles. The zero-order valence-corrected chi connectivity index (χ0v) is 11.2. The lowest BCUT2D eigenvalue weighted by Crippen LogP contribution is -2.38. The molecule has 0 bridgehead atoms. The van der Waals surface area contributed by atoms with Gasteiger partial charge in [-0.15, -0.1) is 0 Å². The van der Waals surface area contributed by atoms with Crippen molar-refractivity contribution in [2.75, 3.05) is 12.9 Å². The molecule has 3 N–H and O–H groups in total. The lowest BCUT2D eigenvalue weighted by molar-refractivity contribution is -0.150. The molecule has 0 saturated carbocycles. The van der Waals surface area contributed by atoms with Gasteiger partial charge in [-0.3, -0.25) is 18.7 Å². The number of hydrogen-bond donors (Lipinski definition) is 3. The van der Waals surface area contributed by atoms with Crippen LogP contribution in [0.3, 0.4) is 0 Å². The van der Waals surface area contributed by atoms with E-state index in [2.05, 4.69) is 0 Å². The highest BCUT2D eigenvalue weighted by atomic mass is 32.3. The van der Waals surface area contributed by atoms with Crippen LogP contribution in [0.2, 0.25) is 0 Å². The molecule has 0 amide bonds. The van der Waals surface area contributed by atoms with Gasteiger partial charge in [0, 0.05) is 11.6 Å². The Morgan fingerprint density at radius 2 is 2.00 bits per heavy atom. The number of carbonyl (C=O) groups is 3. The Hall–Kier alpha value is -1.90. The van der Waals surface area contributed by atoms with Gasteiger partial charge < -0.3 is 9.84 Å². The topological polar surface area (TPSA) is 121 Å². The number of aliphatic carboxylic acids is 1. The van der Waals surface area contributed by atoms with Crippen LogP contribution in [-0.4, -0.2) is 44.6 Å². The molecule has 1 aromatic rings. The molecule has 0 aliphatic carbocycles. The lowest BCUT2D eigenvalue weighted by atomic mass is 9.94. The minimum Gasteiger partial charge on any atom is -0.497 e. The van der Waals surface area contributed by atoms with Gasteiger partial charge in [-0.05, 0) is 12.1 Å². The molecule has 0 spiro atoms. The summed E-state index contributed by atoms with van der Waals surface area (Å²) in [6.45, 7) is 0. The molecule has 1 aromatic carbocycles. The van der Waals surface area contributed by atoms with Crippen LogP contribution in [0.1, 0.15) is 10.4 Å². The smallest absolute Gasteiger partial charge is 0.373 e. The van der Waals surface area contributed by atoms with Gasteiger partial charge in [0.05, 0.1) is 17.8 Å². The summed E-state index contributed by atoms with van der Waals surface area (Å²) in [6, 6.07) is 4.04. The molecule has 1 unspecified atom stereocenters. The molecule has 1 atom stereocenters. The van der Waals surface area contributed by atoms with Crippen LogP contribution in [0.25, 0.3) is 0 Å². The maximum Gasteiger partial charge on any atom is 0.373 e. The molecule has 20 heavy (non-hydrogen) atoms. The summed E-state index contributed by atoms with van der Waals surface area (Å²) in [7, 11) is -2.04. The third kappa shape index (κ3) is 2.28. The van der Waals surface area contributed by atoms with Gasteiger partial charge in [0.25, 0.3) is 5.78 Å². The molecule has 8 heteroatoms. The number of carboxylic acid groups (broad SMARTS) is 1. The number of ketones is 2. The van der Waals surface area contributed by atoms with Gasteiger partial charge in [-0.1, -0.05) is 0 Å². The van der Waals surface area contributed by atoms with Crippen molar-refractivity contribution in [1.82, 2.24) is 0 Å². The van der Waals surface area contributed by atoms with E-state index < -0.39 is 39.8 Å². The van der Waals surface area contributed by atoms with E-state index >= 15 is 0 Å². The summed E-state index contributed by atoms with van der Waals surface area (Å²) in [6.07, 6.45) is 0. The molecule has 0 saturated heterocycles. The van der Waals surface area contributed by atoms with Crippen molar-refractivity contribution >= 4 is 28.1 Å². The summed E-state index contributed by atoms with van der Waals surface area (Å²) in [4.78, 5) is 34.3. The van der Waals surface area contributed by atoms with Crippen LogP contribution in [0, 0.1) is 5.92 Å². The molecule has 0 fully saturated rings. The number of ether oxygens (including phenoxy) is 1. The number of Topliss-reactive ketones (excluding diaryl/α,β-unsaturated/α-hetero) is 2. The molecule has 1 aliphatic rings. The van der Waals surface area contributed by atoms with Crippen molar-refractivity contribution in [1.29, 1.82) is 0 Å². The average molecular weight is 300 g/mol. The van der Waals surface area contributed by atoms with E-state index in [4.69, 9.17) is 9.84 Å². The van der Waals surface area contributed by atoms with Crippen LogP contribution in [-0.2, 0) is 9.59 Å². The predicted octanol–water partition coefficient (Wildman–Crippen LogP) is 1.27. The number of hydrogen-bond acceptors (Lipinski definition) is 6. The first kappa shape index (κ1) is 14.5. The molecular formula is C12H12O7S. The van der Waals surface area contributed by atoms with Gasteiger partial charge in [0.15, 0.2) is 5.78 Å². The molecular weight excluding hydrogens is 288 g/mol. The van der Waals surface area contributed by atoms with Crippen LogP contribution in [0.5, 0.6) is 5.75 Å². The quantitative estimate of drug-likeness (QED) is 0.567. The van der Waals surface area contributed by atoms with E-state index in [0.717, 1.165) is 0 Å². The summed E-state index contributed by atoms with van der Waals surface area (Å²) in [5.41, 5.74) is -0.0587. The van der Waals surface area contributed by atoms with Crippen LogP contribution in [0.15, 0.2) is 23.1 Å². The second-order valence-electron chi connectivity index (χ2n) is 4.28. The van der Waals surface area contributed by atoms with Crippen molar-refractivity contribution in [2.45, 2.75) is 4.90 Å². The molecule has 2 rings (SSSR count). The first-order valence-electron chi connectivity index (χ1n) is 5.53. The lowest BCUT2D eigenvalue weighted by Gasteiger charge is -2.39. The monoisotopic (exact) mass is 300 g/mol. The Labute approximate surface area is 115 Å². The standard InChI is InChI=1S/C12H12O7S/c1-19-6-2-3-7-9(4-6)20(17,18)5-8(10(7)13)11(14)12(15)16/h2-4,8,17-18H,5H2,1H3,(H,15,16). The van der Waals surface area contributed by atoms with Crippen LogP contribution < -0.4 is 4.74 Å². The highest BCUT2D eigenvalue weighted by molar-refractivity contribution is 8.24. The summed E-state index contributed by atoms with van der Waals surface area (Å²) >= 11 is 0. The average Bonchev–Trinajstić information content (AvgIpc) is 2.41. The Balaban J connectivity index is 2.54. The summed E-state index contributed by atoms with van der Waals surface area (Å²) < 4.78 is 25.0. The fraction of sp³-hybridized carbons (Fsp3) is 0.250. The second kappa shape index (κ2) is 4.89. The Morgan fingerprint density at radius 3 is 2.55 bits per heavy atom. The number of benzene rings is 1. The fourth-order valence-electron chi connectivity index (χ4n) is 2.03. The normalized spacial score (nSPS) is 21.8. The molecule has 1 heterocycles. The van der Waals surface area contributed by atoms with E-state index in [0.29, 0.717) is 5.75 Å². The minimum atomic E-state index is -3.42. The highest BCUT2D eigenvalue weighted by Crippen LogP contribution is 2.55. The van der Waals surface area contributed by atoms with Crippen molar-refractivity contribution in [3.05, 3.63) is 23.8 Å². The largest absolute Gasteiger partial charge is 0.497 e. The maximum absolute atomic E-state index is 12.1. The first-order valence-corrected chi connectivity index (χ1v) is 7.25. The number of fused-ring (bicyclic) bond motifs is 1. The maximum atomic E-state index is 12.1. The van der Waals surface area contributed by atoms with E-state index in [-0.39, 0.29) is 10.5 Å². The van der Waals surface area contributed by atoms with Crippen molar-refractivity contribution in [3.8, 4) is 5.75 Å². The van der Waals surface area contributed by atoms with E-state index in [1.165, 1.54) is 25.3 Å².